The molecule has 0 bridgehead atoms. The quantitative estimate of drug-likeness (QED) is 0.884. The van der Waals surface area contributed by atoms with E-state index in [0.29, 0.717) is 17.7 Å². The Morgan fingerprint density at radius 3 is 2.74 bits per heavy atom. The van der Waals surface area contributed by atoms with E-state index in [1.807, 2.05) is 19.1 Å². The van der Waals surface area contributed by atoms with Crippen molar-refractivity contribution in [2.45, 2.75) is 25.3 Å². The van der Waals surface area contributed by atoms with Gasteiger partial charge in [0.2, 0.25) is 0 Å². The topological polar surface area (TPSA) is 66.4 Å². The molecule has 1 saturated heterocycles. The maximum absolute atomic E-state index is 12.3. The van der Waals surface area contributed by atoms with Gasteiger partial charge in [-0.1, -0.05) is 25.1 Å². The van der Waals surface area contributed by atoms with Crippen LogP contribution in [0.25, 0.3) is 0 Å². The van der Waals surface area contributed by atoms with Gasteiger partial charge in [-0.05, 0) is 30.2 Å². The number of hydrogen-bond acceptors (Lipinski definition) is 3. The number of thioether (sulfide) groups is 1. The fourth-order valence-corrected chi connectivity index (χ4v) is 3.55. The second-order valence-electron chi connectivity index (χ2n) is 4.65. The van der Waals surface area contributed by atoms with Gasteiger partial charge in [0, 0.05) is 11.3 Å². The molecular formula is C14H17NO3S. The molecule has 0 saturated carbocycles. The highest BCUT2D eigenvalue weighted by Gasteiger charge is 2.43. The zero-order valence-electron chi connectivity index (χ0n) is 10.8. The summed E-state index contributed by atoms with van der Waals surface area (Å²) in [4.78, 5) is 23.7. The lowest BCUT2D eigenvalue weighted by atomic mass is 9.97. The van der Waals surface area contributed by atoms with E-state index in [1.54, 1.807) is 23.9 Å². The van der Waals surface area contributed by atoms with Crippen molar-refractivity contribution < 1.29 is 14.7 Å². The lowest BCUT2D eigenvalue weighted by Crippen LogP contribution is -2.54. The van der Waals surface area contributed by atoms with Crippen LogP contribution in [0.2, 0.25) is 0 Å². The minimum atomic E-state index is -1.11. The predicted molar refractivity (Wildman–Crippen MR) is 75.6 cm³/mol. The number of aliphatic carboxylic acids is 1. The third-order valence-electron chi connectivity index (χ3n) is 3.43. The summed E-state index contributed by atoms with van der Waals surface area (Å²) < 4.78 is 0. The van der Waals surface area contributed by atoms with Crippen LogP contribution in [0.15, 0.2) is 24.3 Å². The van der Waals surface area contributed by atoms with Gasteiger partial charge in [0.15, 0.2) is 0 Å². The van der Waals surface area contributed by atoms with Crippen LogP contribution in [-0.2, 0) is 11.2 Å². The number of carboxylic acid groups (broad SMARTS) is 1. The molecule has 0 aliphatic carbocycles. The molecule has 1 amide bonds. The Labute approximate surface area is 116 Å². The van der Waals surface area contributed by atoms with Crippen molar-refractivity contribution in [3.63, 3.8) is 0 Å². The van der Waals surface area contributed by atoms with E-state index in [0.717, 1.165) is 17.7 Å². The zero-order valence-corrected chi connectivity index (χ0v) is 11.6. The fraction of sp³-hybridized carbons (Fsp3) is 0.429. The highest BCUT2D eigenvalue weighted by atomic mass is 32.2. The molecule has 1 atom stereocenters. The summed E-state index contributed by atoms with van der Waals surface area (Å²) in [6, 6.07) is 7.32. The average molecular weight is 279 g/mol. The summed E-state index contributed by atoms with van der Waals surface area (Å²) in [5.41, 5.74) is 0.400. The first-order valence-electron chi connectivity index (χ1n) is 6.30. The first-order valence-corrected chi connectivity index (χ1v) is 7.46. The van der Waals surface area contributed by atoms with Crippen molar-refractivity contribution in [3.05, 3.63) is 35.4 Å². The minimum absolute atomic E-state index is 0.289. The Hall–Kier alpha value is -1.49. The number of carboxylic acids is 1. The minimum Gasteiger partial charge on any atom is -0.479 e. The highest BCUT2D eigenvalue weighted by molar-refractivity contribution is 7.99. The van der Waals surface area contributed by atoms with Gasteiger partial charge < -0.3 is 10.4 Å². The molecule has 0 radical (unpaired) electrons. The van der Waals surface area contributed by atoms with Crippen molar-refractivity contribution >= 4 is 23.6 Å². The number of benzene rings is 1. The molecule has 0 aromatic heterocycles. The molecule has 1 heterocycles. The predicted octanol–water partition coefficient (Wildman–Crippen LogP) is 1.94. The number of carbonyl (C=O) groups is 2. The van der Waals surface area contributed by atoms with Gasteiger partial charge in [0.05, 0.1) is 0 Å². The molecule has 2 rings (SSSR count). The van der Waals surface area contributed by atoms with E-state index in [-0.39, 0.29) is 5.91 Å². The molecule has 2 N–H and O–H groups in total. The Balaban J connectivity index is 2.23. The van der Waals surface area contributed by atoms with E-state index in [9.17, 15) is 14.7 Å². The number of hydrogen-bond donors (Lipinski definition) is 2. The maximum Gasteiger partial charge on any atom is 0.330 e. The average Bonchev–Trinajstić information content (AvgIpc) is 2.88. The van der Waals surface area contributed by atoms with Gasteiger partial charge in [-0.2, -0.15) is 11.8 Å². The second-order valence-corrected chi connectivity index (χ2v) is 5.76. The Kier molecular flexibility index (Phi) is 4.14. The van der Waals surface area contributed by atoms with Crippen molar-refractivity contribution in [1.29, 1.82) is 0 Å². The fourth-order valence-electron chi connectivity index (χ4n) is 2.22. The number of carbonyl (C=O) groups excluding carboxylic acids is 1. The second kappa shape index (κ2) is 5.65. The number of amides is 1. The van der Waals surface area contributed by atoms with Crippen LogP contribution in [0.4, 0.5) is 0 Å². The summed E-state index contributed by atoms with van der Waals surface area (Å²) >= 11 is 1.56. The monoisotopic (exact) mass is 279 g/mol. The first-order chi connectivity index (χ1) is 9.09. The van der Waals surface area contributed by atoms with Crippen LogP contribution >= 0.6 is 11.8 Å². The zero-order chi connectivity index (χ0) is 13.9. The van der Waals surface area contributed by atoms with Crippen molar-refractivity contribution in [2.24, 2.45) is 0 Å². The van der Waals surface area contributed by atoms with Gasteiger partial charge in [-0.25, -0.2) is 4.79 Å². The molecule has 19 heavy (non-hydrogen) atoms. The van der Waals surface area contributed by atoms with Crippen LogP contribution in [0, 0.1) is 0 Å². The molecule has 1 fully saturated rings. The third kappa shape index (κ3) is 2.76. The van der Waals surface area contributed by atoms with Gasteiger partial charge in [-0.3, -0.25) is 4.79 Å². The Bertz CT molecular complexity index is 495. The summed E-state index contributed by atoms with van der Waals surface area (Å²) in [5.74, 6) is -0.0353. The summed E-state index contributed by atoms with van der Waals surface area (Å²) in [7, 11) is 0. The summed E-state index contributed by atoms with van der Waals surface area (Å²) in [6.45, 7) is 1.98. The van der Waals surface area contributed by atoms with Gasteiger partial charge in [0.1, 0.15) is 5.54 Å². The SMILES string of the molecule is CCc1ccccc1C(=O)NC1(C(=O)O)CCSC1. The number of aryl methyl sites for hydroxylation is 1. The van der Waals surface area contributed by atoms with Gasteiger partial charge >= 0.3 is 5.97 Å². The van der Waals surface area contributed by atoms with Crippen molar-refractivity contribution in [2.75, 3.05) is 11.5 Å². The smallest absolute Gasteiger partial charge is 0.330 e. The first kappa shape index (κ1) is 13.9. The molecule has 1 aromatic rings. The van der Waals surface area contributed by atoms with Crippen LogP contribution in [0.1, 0.15) is 29.3 Å². The molecule has 1 unspecified atom stereocenters. The molecule has 4 nitrogen and oxygen atoms in total. The summed E-state index contributed by atoms with van der Waals surface area (Å²) in [6.07, 6.45) is 1.23. The number of nitrogens with one attached hydrogen (secondary N) is 1. The number of rotatable bonds is 4. The van der Waals surface area contributed by atoms with E-state index < -0.39 is 11.5 Å². The molecular weight excluding hydrogens is 262 g/mol. The standard InChI is InChI=1S/C14H17NO3S/c1-2-10-5-3-4-6-11(10)12(16)15-14(13(17)18)7-8-19-9-14/h3-6H,2,7-9H2,1H3,(H,15,16)(H,17,18). The molecule has 5 heteroatoms. The lowest BCUT2D eigenvalue weighted by molar-refractivity contribution is -0.143. The third-order valence-corrected chi connectivity index (χ3v) is 4.62. The van der Waals surface area contributed by atoms with Crippen molar-refractivity contribution in [1.82, 2.24) is 5.32 Å². The van der Waals surface area contributed by atoms with E-state index in [4.69, 9.17) is 0 Å². The molecule has 102 valence electrons. The van der Waals surface area contributed by atoms with Crippen LogP contribution in [0.5, 0.6) is 0 Å². The van der Waals surface area contributed by atoms with Crippen LogP contribution < -0.4 is 5.32 Å². The highest BCUT2D eigenvalue weighted by Crippen LogP contribution is 2.28. The Morgan fingerprint density at radius 1 is 1.42 bits per heavy atom. The van der Waals surface area contributed by atoms with Gasteiger partial charge in [0.25, 0.3) is 5.91 Å². The Morgan fingerprint density at radius 2 is 2.16 bits per heavy atom. The molecule has 1 aliphatic heterocycles. The van der Waals surface area contributed by atoms with E-state index in [1.165, 1.54) is 0 Å². The molecule has 0 spiro atoms. The molecule has 1 aromatic carbocycles. The van der Waals surface area contributed by atoms with Crippen LogP contribution in [0.3, 0.4) is 0 Å². The van der Waals surface area contributed by atoms with E-state index in [2.05, 4.69) is 5.32 Å². The maximum atomic E-state index is 12.3. The van der Waals surface area contributed by atoms with Crippen molar-refractivity contribution in [3.8, 4) is 0 Å². The molecule has 1 aliphatic rings. The largest absolute Gasteiger partial charge is 0.479 e. The van der Waals surface area contributed by atoms with E-state index >= 15 is 0 Å². The van der Waals surface area contributed by atoms with Gasteiger partial charge in [-0.15, -0.1) is 0 Å². The normalized spacial score (nSPS) is 22.2. The summed E-state index contributed by atoms with van der Waals surface area (Å²) in [5, 5.41) is 12.1. The lowest BCUT2D eigenvalue weighted by Gasteiger charge is -2.25. The van der Waals surface area contributed by atoms with Crippen LogP contribution in [-0.4, -0.2) is 34.0 Å².